The molecule has 1 saturated carbocycles. The van der Waals surface area contributed by atoms with Crippen molar-refractivity contribution < 1.29 is 14.2 Å². The average molecular weight is 349 g/mol. The quantitative estimate of drug-likeness (QED) is 0.399. The molecule has 0 radical (unpaired) electrons. The van der Waals surface area contributed by atoms with Crippen LogP contribution in [0.4, 0.5) is 0 Å². The Morgan fingerprint density at radius 2 is 2.12 bits per heavy atom. The van der Waals surface area contributed by atoms with Gasteiger partial charge < -0.3 is 24.4 Å². The molecular weight excluding hydrogens is 318 g/mol. The van der Waals surface area contributed by atoms with E-state index in [9.17, 15) is 0 Å². The number of likely N-dealkylation sites (N-methyl/N-ethyl adjacent to an activating group) is 1. The summed E-state index contributed by atoms with van der Waals surface area (Å²) in [7, 11) is 5.46. The Hall–Kier alpha value is -1.95. The maximum atomic E-state index is 5.92. The van der Waals surface area contributed by atoms with Gasteiger partial charge in [-0.05, 0) is 37.8 Å². The van der Waals surface area contributed by atoms with Gasteiger partial charge >= 0.3 is 0 Å². The van der Waals surface area contributed by atoms with Crippen molar-refractivity contribution in [2.24, 2.45) is 10.9 Å². The number of aliphatic imine (C=N–C) groups is 1. The number of hydrogen-bond acceptors (Lipinski definition) is 4. The number of methoxy groups -OCH3 is 1. The van der Waals surface area contributed by atoms with Crippen LogP contribution in [-0.2, 0) is 4.74 Å². The van der Waals surface area contributed by atoms with Crippen molar-refractivity contribution in [3.63, 3.8) is 0 Å². The summed E-state index contributed by atoms with van der Waals surface area (Å²) < 4.78 is 16.8. The lowest BCUT2D eigenvalue weighted by Gasteiger charge is -2.24. The standard InChI is InChI=1S/C19H31N3O3/c1-15(25-18-7-5-6-17(12-18)23-4)13-21-19(20-2)22(3)10-11-24-14-16-8-9-16/h5-7,12,15-16H,8-11,13-14H2,1-4H3,(H,20,21). The molecule has 1 aromatic carbocycles. The number of guanidine groups is 1. The molecule has 0 bridgehead atoms. The van der Waals surface area contributed by atoms with E-state index in [-0.39, 0.29) is 6.10 Å². The van der Waals surface area contributed by atoms with Crippen molar-refractivity contribution >= 4 is 5.96 Å². The van der Waals surface area contributed by atoms with Crippen molar-refractivity contribution in [1.82, 2.24) is 10.2 Å². The Balaban J connectivity index is 1.68. The fourth-order valence-electron chi connectivity index (χ4n) is 2.41. The largest absolute Gasteiger partial charge is 0.497 e. The van der Waals surface area contributed by atoms with Crippen LogP contribution >= 0.6 is 0 Å². The summed E-state index contributed by atoms with van der Waals surface area (Å²) in [5.41, 5.74) is 0. The molecule has 1 atom stereocenters. The van der Waals surface area contributed by atoms with Crippen LogP contribution in [0.25, 0.3) is 0 Å². The van der Waals surface area contributed by atoms with Gasteiger partial charge in [-0.25, -0.2) is 0 Å². The second kappa shape index (κ2) is 10.1. The molecule has 1 unspecified atom stereocenters. The lowest BCUT2D eigenvalue weighted by molar-refractivity contribution is 0.115. The van der Waals surface area contributed by atoms with E-state index < -0.39 is 0 Å². The van der Waals surface area contributed by atoms with Crippen molar-refractivity contribution in [3.05, 3.63) is 24.3 Å². The van der Waals surface area contributed by atoms with E-state index in [0.29, 0.717) is 6.54 Å². The summed E-state index contributed by atoms with van der Waals surface area (Å²) in [5.74, 6) is 3.23. The molecule has 0 saturated heterocycles. The van der Waals surface area contributed by atoms with Crippen LogP contribution < -0.4 is 14.8 Å². The highest BCUT2D eigenvalue weighted by molar-refractivity contribution is 5.79. The topological polar surface area (TPSA) is 55.3 Å². The molecule has 0 aromatic heterocycles. The third-order valence-electron chi connectivity index (χ3n) is 4.12. The molecule has 6 nitrogen and oxygen atoms in total. The van der Waals surface area contributed by atoms with E-state index >= 15 is 0 Å². The normalized spacial score (nSPS) is 15.6. The third-order valence-corrected chi connectivity index (χ3v) is 4.12. The molecule has 2 rings (SSSR count). The van der Waals surface area contributed by atoms with E-state index in [4.69, 9.17) is 14.2 Å². The predicted octanol–water partition coefficient (Wildman–Crippen LogP) is 2.40. The summed E-state index contributed by atoms with van der Waals surface area (Å²) in [5, 5.41) is 3.34. The first-order valence-corrected chi connectivity index (χ1v) is 8.92. The minimum Gasteiger partial charge on any atom is -0.497 e. The molecular formula is C19H31N3O3. The molecule has 0 spiro atoms. The molecule has 0 aliphatic heterocycles. The summed E-state index contributed by atoms with van der Waals surface area (Å²) in [4.78, 5) is 6.40. The van der Waals surface area contributed by atoms with E-state index in [1.807, 2.05) is 38.2 Å². The van der Waals surface area contributed by atoms with Crippen molar-refractivity contribution in [2.45, 2.75) is 25.9 Å². The zero-order chi connectivity index (χ0) is 18.1. The second-order valence-electron chi connectivity index (χ2n) is 6.48. The van der Waals surface area contributed by atoms with Gasteiger partial charge in [0.15, 0.2) is 5.96 Å². The van der Waals surface area contributed by atoms with Crippen LogP contribution in [-0.4, -0.2) is 64.5 Å². The van der Waals surface area contributed by atoms with Crippen LogP contribution in [0.3, 0.4) is 0 Å². The second-order valence-corrected chi connectivity index (χ2v) is 6.48. The van der Waals surface area contributed by atoms with Crippen molar-refractivity contribution in [3.8, 4) is 11.5 Å². The van der Waals surface area contributed by atoms with Crippen LogP contribution in [0.1, 0.15) is 19.8 Å². The Morgan fingerprint density at radius 3 is 2.80 bits per heavy atom. The van der Waals surface area contributed by atoms with Gasteiger partial charge in [-0.15, -0.1) is 0 Å². The molecule has 1 fully saturated rings. The van der Waals surface area contributed by atoms with Crippen LogP contribution in [0.15, 0.2) is 29.3 Å². The van der Waals surface area contributed by atoms with Crippen LogP contribution in [0.5, 0.6) is 11.5 Å². The van der Waals surface area contributed by atoms with Gasteiger partial charge in [-0.2, -0.15) is 0 Å². The predicted molar refractivity (Wildman–Crippen MR) is 101 cm³/mol. The number of rotatable bonds is 10. The first-order chi connectivity index (χ1) is 12.1. The maximum Gasteiger partial charge on any atom is 0.193 e. The van der Waals surface area contributed by atoms with E-state index in [1.165, 1.54) is 12.8 Å². The van der Waals surface area contributed by atoms with Gasteiger partial charge in [0.2, 0.25) is 0 Å². The molecule has 0 amide bonds. The van der Waals surface area contributed by atoms with Gasteiger partial charge in [0.1, 0.15) is 17.6 Å². The highest BCUT2D eigenvalue weighted by Gasteiger charge is 2.21. The molecule has 6 heteroatoms. The Morgan fingerprint density at radius 1 is 1.36 bits per heavy atom. The minimum atomic E-state index is 0.00312. The van der Waals surface area contributed by atoms with Gasteiger partial charge in [0, 0.05) is 33.3 Å². The van der Waals surface area contributed by atoms with Gasteiger partial charge in [-0.3, -0.25) is 4.99 Å². The Kier molecular flexibility index (Phi) is 7.85. The van der Waals surface area contributed by atoms with E-state index in [2.05, 4.69) is 15.2 Å². The lowest BCUT2D eigenvalue weighted by Crippen LogP contribution is -2.44. The smallest absolute Gasteiger partial charge is 0.193 e. The zero-order valence-electron chi connectivity index (χ0n) is 15.8. The number of hydrogen-bond donors (Lipinski definition) is 1. The van der Waals surface area contributed by atoms with E-state index in [0.717, 1.165) is 43.1 Å². The zero-order valence-corrected chi connectivity index (χ0v) is 15.8. The number of nitrogens with one attached hydrogen (secondary N) is 1. The number of nitrogens with zero attached hydrogens (tertiary/aromatic N) is 2. The van der Waals surface area contributed by atoms with E-state index in [1.54, 1.807) is 14.2 Å². The average Bonchev–Trinajstić information content (AvgIpc) is 3.43. The molecule has 1 aliphatic carbocycles. The summed E-state index contributed by atoms with van der Waals surface area (Å²) in [6.45, 7) is 5.13. The summed E-state index contributed by atoms with van der Waals surface area (Å²) in [6, 6.07) is 7.63. The van der Waals surface area contributed by atoms with Gasteiger partial charge in [0.05, 0.1) is 20.3 Å². The molecule has 1 N–H and O–H groups in total. The fraction of sp³-hybridized carbons (Fsp3) is 0.632. The number of ether oxygens (including phenoxy) is 3. The SMILES string of the molecule is CN=C(NCC(C)Oc1cccc(OC)c1)N(C)CCOCC1CC1. The molecule has 0 heterocycles. The maximum absolute atomic E-state index is 5.92. The van der Waals surface area contributed by atoms with Gasteiger partial charge in [-0.1, -0.05) is 6.07 Å². The number of benzene rings is 1. The van der Waals surface area contributed by atoms with Crippen molar-refractivity contribution in [2.75, 3.05) is 47.5 Å². The molecule has 140 valence electrons. The summed E-state index contributed by atoms with van der Waals surface area (Å²) >= 11 is 0. The first-order valence-electron chi connectivity index (χ1n) is 8.92. The lowest BCUT2D eigenvalue weighted by atomic mass is 10.3. The molecule has 1 aliphatic rings. The third kappa shape index (κ3) is 7.22. The summed E-state index contributed by atoms with van der Waals surface area (Å²) in [6.07, 6.45) is 2.65. The monoisotopic (exact) mass is 349 g/mol. The first kappa shape index (κ1) is 19.4. The van der Waals surface area contributed by atoms with Crippen LogP contribution in [0.2, 0.25) is 0 Å². The molecule has 25 heavy (non-hydrogen) atoms. The molecule has 1 aromatic rings. The minimum absolute atomic E-state index is 0.00312. The van der Waals surface area contributed by atoms with Crippen LogP contribution in [0, 0.1) is 5.92 Å². The fourth-order valence-corrected chi connectivity index (χ4v) is 2.41. The highest BCUT2D eigenvalue weighted by Crippen LogP contribution is 2.28. The highest BCUT2D eigenvalue weighted by atomic mass is 16.5. The van der Waals surface area contributed by atoms with Crippen molar-refractivity contribution in [1.29, 1.82) is 0 Å². The Labute approximate surface area is 151 Å². The van der Waals surface area contributed by atoms with Gasteiger partial charge in [0.25, 0.3) is 0 Å². The Bertz CT molecular complexity index is 546.